The number of nitrogens with zero attached hydrogens (tertiary/aromatic N) is 1. The number of rotatable bonds is 2. The highest BCUT2D eigenvalue weighted by Gasteiger charge is 2.42. The predicted molar refractivity (Wildman–Crippen MR) is 110 cm³/mol. The summed E-state index contributed by atoms with van der Waals surface area (Å²) in [5.41, 5.74) is 0.402. The van der Waals surface area contributed by atoms with Crippen molar-refractivity contribution in [1.82, 2.24) is 5.32 Å². The van der Waals surface area contributed by atoms with Crippen molar-refractivity contribution in [2.24, 2.45) is 4.99 Å². The maximum Gasteiger partial charge on any atom is 0.143 e. The van der Waals surface area contributed by atoms with Crippen LogP contribution in [-0.4, -0.2) is 23.2 Å². The van der Waals surface area contributed by atoms with Gasteiger partial charge in [-0.3, -0.25) is 4.99 Å². The number of benzene rings is 1. The second-order valence-corrected chi connectivity index (χ2v) is 8.17. The monoisotopic (exact) mass is 356 g/mol. The number of hydrogen-bond donors (Lipinski definition) is 2. The summed E-state index contributed by atoms with van der Waals surface area (Å²) in [6.07, 6.45) is 15.6. The van der Waals surface area contributed by atoms with E-state index in [1.807, 2.05) is 6.07 Å². The van der Waals surface area contributed by atoms with Crippen LogP contribution in [-0.2, 0) is 0 Å². The van der Waals surface area contributed by atoms with Gasteiger partial charge in [0.2, 0.25) is 0 Å². The number of nitrogens with one attached hydrogen (secondary N) is 1. The highest BCUT2D eigenvalue weighted by atomic mass is 16.3. The molecular weight excluding hydrogens is 320 g/mol. The summed E-state index contributed by atoms with van der Waals surface area (Å²) in [6, 6.07) is 10.5. The Morgan fingerprint density at radius 2 is 1.50 bits per heavy atom. The molecule has 0 saturated heterocycles. The SMILES string of the molecule is OC1(NC2=NCCCCCCCCCCC2)CCCC1c1ccccc1. The molecule has 0 radical (unpaired) electrons. The van der Waals surface area contributed by atoms with E-state index in [1.54, 1.807) is 0 Å². The Bertz CT molecular complexity index is 557. The van der Waals surface area contributed by atoms with E-state index in [4.69, 9.17) is 4.99 Å². The molecule has 1 aromatic rings. The van der Waals surface area contributed by atoms with Crippen LogP contribution in [0.2, 0.25) is 0 Å². The molecule has 3 heteroatoms. The maximum atomic E-state index is 11.4. The highest BCUT2D eigenvalue weighted by molar-refractivity contribution is 5.83. The molecular formula is C23H36N2O. The molecule has 2 atom stereocenters. The fourth-order valence-corrected chi connectivity index (χ4v) is 4.55. The first-order valence-corrected chi connectivity index (χ1v) is 10.9. The molecule has 1 saturated carbocycles. The minimum atomic E-state index is -0.839. The maximum absolute atomic E-state index is 11.4. The van der Waals surface area contributed by atoms with Gasteiger partial charge < -0.3 is 10.4 Å². The Hall–Kier alpha value is -1.35. The van der Waals surface area contributed by atoms with Crippen molar-refractivity contribution in [2.45, 2.75) is 95.1 Å². The van der Waals surface area contributed by atoms with Gasteiger partial charge in [-0.05, 0) is 37.7 Å². The predicted octanol–water partition coefficient (Wildman–Crippen LogP) is 5.55. The largest absolute Gasteiger partial charge is 0.370 e. The fourth-order valence-electron chi connectivity index (χ4n) is 4.55. The van der Waals surface area contributed by atoms with Crippen LogP contribution in [0.5, 0.6) is 0 Å². The van der Waals surface area contributed by atoms with Crippen LogP contribution in [0.3, 0.4) is 0 Å². The van der Waals surface area contributed by atoms with E-state index in [-0.39, 0.29) is 5.92 Å². The van der Waals surface area contributed by atoms with Crippen molar-refractivity contribution in [3.63, 3.8) is 0 Å². The minimum absolute atomic E-state index is 0.163. The molecule has 3 rings (SSSR count). The van der Waals surface area contributed by atoms with Gasteiger partial charge >= 0.3 is 0 Å². The first-order valence-electron chi connectivity index (χ1n) is 10.9. The van der Waals surface area contributed by atoms with Crippen LogP contribution in [0, 0.1) is 0 Å². The molecule has 26 heavy (non-hydrogen) atoms. The Balaban J connectivity index is 1.66. The quantitative estimate of drug-likeness (QED) is 0.683. The summed E-state index contributed by atoms with van der Waals surface area (Å²) in [7, 11) is 0. The molecule has 0 bridgehead atoms. The molecule has 144 valence electrons. The summed E-state index contributed by atoms with van der Waals surface area (Å²) in [5, 5.41) is 14.9. The zero-order valence-electron chi connectivity index (χ0n) is 16.3. The molecule has 0 amide bonds. The molecule has 0 aromatic heterocycles. The second kappa shape index (κ2) is 10.1. The number of amidine groups is 1. The smallest absolute Gasteiger partial charge is 0.143 e. The number of hydrogen-bond acceptors (Lipinski definition) is 3. The molecule has 2 N–H and O–H groups in total. The van der Waals surface area contributed by atoms with E-state index in [9.17, 15) is 5.11 Å². The average molecular weight is 357 g/mol. The highest BCUT2D eigenvalue weighted by Crippen LogP contribution is 2.41. The lowest BCUT2D eigenvalue weighted by Crippen LogP contribution is -2.50. The van der Waals surface area contributed by atoms with E-state index >= 15 is 0 Å². The third-order valence-electron chi connectivity index (χ3n) is 6.06. The van der Waals surface area contributed by atoms with E-state index in [1.165, 1.54) is 63.4 Å². The van der Waals surface area contributed by atoms with E-state index in [2.05, 4.69) is 29.6 Å². The normalized spacial score (nSPS) is 29.1. The van der Waals surface area contributed by atoms with E-state index in [0.717, 1.165) is 38.1 Å². The average Bonchev–Trinajstić information content (AvgIpc) is 3.04. The van der Waals surface area contributed by atoms with Gasteiger partial charge in [0.1, 0.15) is 5.72 Å². The standard InChI is InChI=1S/C23H36N2O/c26-23(18-13-16-21(23)20-14-9-8-10-15-20)25-22-17-11-6-4-2-1-3-5-7-12-19-24-22/h8-10,14-15,21,26H,1-7,11-13,16-19H2,(H,24,25). The number of aliphatic hydroxyl groups is 1. The van der Waals surface area contributed by atoms with Gasteiger partial charge in [-0.15, -0.1) is 0 Å². The van der Waals surface area contributed by atoms with E-state index in [0.29, 0.717) is 0 Å². The van der Waals surface area contributed by atoms with Gasteiger partial charge in [0.05, 0.1) is 5.84 Å². The lowest BCUT2D eigenvalue weighted by molar-refractivity contribution is 0.0140. The Morgan fingerprint density at radius 1 is 0.846 bits per heavy atom. The molecule has 0 spiro atoms. The zero-order valence-corrected chi connectivity index (χ0v) is 16.3. The fraction of sp³-hybridized carbons (Fsp3) is 0.696. The van der Waals surface area contributed by atoms with Crippen LogP contribution >= 0.6 is 0 Å². The van der Waals surface area contributed by atoms with Gasteiger partial charge in [-0.2, -0.15) is 0 Å². The van der Waals surface area contributed by atoms with Crippen molar-refractivity contribution >= 4 is 5.84 Å². The van der Waals surface area contributed by atoms with Gasteiger partial charge in [-0.25, -0.2) is 0 Å². The summed E-state index contributed by atoms with van der Waals surface area (Å²) in [4.78, 5) is 4.87. The van der Waals surface area contributed by atoms with Crippen molar-refractivity contribution in [3.8, 4) is 0 Å². The first-order chi connectivity index (χ1) is 12.8. The van der Waals surface area contributed by atoms with Crippen molar-refractivity contribution in [1.29, 1.82) is 0 Å². The Labute approximate surface area is 159 Å². The van der Waals surface area contributed by atoms with Gasteiger partial charge in [0.25, 0.3) is 0 Å². The van der Waals surface area contributed by atoms with Crippen LogP contribution in [0.25, 0.3) is 0 Å². The summed E-state index contributed by atoms with van der Waals surface area (Å²) >= 11 is 0. The molecule has 1 aliphatic heterocycles. The third-order valence-corrected chi connectivity index (χ3v) is 6.06. The molecule has 1 aliphatic carbocycles. The molecule has 1 aromatic carbocycles. The lowest BCUT2D eigenvalue weighted by atomic mass is 9.91. The molecule has 1 fully saturated rings. The molecule has 3 nitrogen and oxygen atoms in total. The zero-order chi connectivity index (χ0) is 18.1. The van der Waals surface area contributed by atoms with Crippen LogP contribution in [0.4, 0.5) is 0 Å². The topological polar surface area (TPSA) is 44.6 Å². The van der Waals surface area contributed by atoms with Crippen LogP contribution in [0.15, 0.2) is 35.3 Å². The molecule has 2 aliphatic rings. The molecule has 2 unspecified atom stereocenters. The summed E-state index contributed by atoms with van der Waals surface area (Å²) in [6.45, 7) is 0.897. The van der Waals surface area contributed by atoms with Gasteiger partial charge in [0, 0.05) is 18.9 Å². The van der Waals surface area contributed by atoms with Gasteiger partial charge in [-0.1, -0.05) is 75.3 Å². The lowest BCUT2D eigenvalue weighted by Gasteiger charge is -2.33. The first kappa shape index (κ1) is 19.4. The van der Waals surface area contributed by atoms with E-state index < -0.39 is 5.72 Å². The van der Waals surface area contributed by atoms with Crippen LogP contribution < -0.4 is 5.32 Å². The second-order valence-electron chi connectivity index (χ2n) is 8.17. The Kier molecular flexibility index (Phi) is 7.55. The van der Waals surface area contributed by atoms with Gasteiger partial charge in [0.15, 0.2) is 0 Å². The summed E-state index contributed by atoms with van der Waals surface area (Å²) < 4.78 is 0. The number of aliphatic imine (C=N–C) groups is 1. The van der Waals surface area contributed by atoms with Crippen molar-refractivity contribution < 1.29 is 5.11 Å². The van der Waals surface area contributed by atoms with Crippen molar-refractivity contribution in [3.05, 3.63) is 35.9 Å². The van der Waals surface area contributed by atoms with Crippen molar-refractivity contribution in [2.75, 3.05) is 6.54 Å². The van der Waals surface area contributed by atoms with Crippen LogP contribution in [0.1, 0.15) is 95.0 Å². The molecule has 1 heterocycles. The third kappa shape index (κ3) is 5.57. The summed E-state index contributed by atoms with van der Waals surface area (Å²) in [5.74, 6) is 1.20. The minimum Gasteiger partial charge on any atom is -0.370 e. The Morgan fingerprint density at radius 3 is 2.23 bits per heavy atom.